The van der Waals surface area contributed by atoms with Gasteiger partial charge in [0, 0.05) is 17.1 Å². The van der Waals surface area contributed by atoms with Gasteiger partial charge in [-0.1, -0.05) is 17.7 Å². The highest BCUT2D eigenvalue weighted by Gasteiger charge is 2.27. The smallest absolute Gasteiger partial charge is 0.268 e. The van der Waals surface area contributed by atoms with Crippen LogP contribution in [0.5, 0.6) is 0 Å². The van der Waals surface area contributed by atoms with E-state index in [4.69, 9.17) is 0 Å². The van der Waals surface area contributed by atoms with Gasteiger partial charge >= 0.3 is 0 Å². The molecule has 0 radical (unpaired) electrons. The fourth-order valence-electron chi connectivity index (χ4n) is 2.68. The van der Waals surface area contributed by atoms with Gasteiger partial charge in [-0.25, -0.2) is 16.8 Å². The molecule has 24 heavy (non-hydrogen) atoms. The molecule has 0 spiro atoms. The number of hydrogen-bond donors (Lipinski definition) is 1. The van der Waals surface area contributed by atoms with Crippen molar-refractivity contribution in [1.82, 2.24) is 3.97 Å². The quantitative estimate of drug-likeness (QED) is 0.788. The van der Waals surface area contributed by atoms with E-state index in [1.54, 1.807) is 26.0 Å². The number of rotatable bonds is 3. The van der Waals surface area contributed by atoms with E-state index in [-0.39, 0.29) is 10.4 Å². The minimum Gasteiger partial charge on any atom is -0.386 e. The van der Waals surface area contributed by atoms with Gasteiger partial charge in [-0.3, -0.25) is 0 Å². The average Bonchev–Trinajstić information content (AvgIpc) is 2.87. The summed E-state index contributed by atoms with van der Waals surface area (Å²) in [4.78, 5) is 0.108. The molecule has 3 rings (SSSR count). The Balaban J connectivity index is 2.33. The average molecular weight is 347 g/mol. The van der Waals surface area contributed by atoms with Crippen molar-refractivity contribution in [2.45, 2.75) is 31.3 Å². The van der Waals surface area contributed by atoms with E-state index in [1.807, 2.05) is 6.92 Å². The number of fused-ring (bicyclic) bond motifs is 1. The van der Waals surface area contributed by atoms with Crippen molar-refractivity contribution >= 4 is 20.9 Å². The van der Waals surface area contributed by atoms with E-state index in [0.717, 1.165) is 15.6 Å². The molecular formula is C18H18FNO3S. The summed E-state index contributed by atoms with van der Waals surface area (Å²) in [5.74, 6) is -0.539. The Bertz CT molecular complexity index is 1010. The van der Waals surface area contributed by atoms with Crippen LogP contribution in [0.1, 0.15) is 25.0 Å². The van der Waals surface area contributed by atoms with Crippen LogP contribution in [0, 0.1) is 12.7 Å². The Kier molecular flexibility index (Phi) is 3.77. The van der Waals surface area contributed by atoms with E-state index >= 15 is 0 Å². The molecule has 1 aromatic heterocycles. The van der Waals surface area contributed by atoms with Crippen molar-refractivity contribution < 1.29 is 17.9 Å². The number of aliphatic hydroxyl groups is 1. The number of nitrogens with zero attached hydrogens (tertiary/aromatic N) is 1. The van der Waals surface area contributed by atoms with Crippen LogP contribution in [0.15, 0.2) is 53.6 Å². The summed E-state index contributed by atoms with van der Waals surface area (Å²) in [7, 11) is -3.90. The predicted molar refractivity (Wildman–Crippen MR) is 90.9 cm³/mol. The molecule has 0 aliphatic carbocycles. The Morgan fingerprint density at radius 3 is 2.29 bits per heavy atom. The number of aryl methyl sites for hydroxylation is 1. The van der Waals surface area contributed by atoms with Gasteiger partial charge in [-0.2, -0.15) is 0 Å². The third-order valence-electron chi connectivity index (χ3n) is 3.97. The summed E-state index contributed by atoms with van der Waals surface area (Å²) in [6.07, 6.45) is 1.36. The molecule has 0 amide bonds. The number of halogens is 1. The molecule has 126 valence electrons. The van der Waals surface area contributed by atoms with E-state index < -0.39 is 21.4 Å². The molecule has 3 aromatic rings. The van der Waals surface area contributed by atoms with Crippen LogP contribution >= 0.6 is 0 Å². The van der Waals surface area contributed by atoms with Crippen LogP contribution in [0.2, 0.25) is 0 Å². The predicted octanol–water partition coefficient (Wildman–Crippen LogP) is 3.55. The molecule has 6 heteroatoms. The van der Waals surface area contributed by atoms with E-state index in [1.165, 1.54) is 30.5 Å². The van der Waals surface area contributed by atoms with Crippen LogP contribution in [0.3, 0.4) is 0 Å². The summed E-state index contributed by atoms with van der Waals surface area (Å²) in [5.41, 5.74) is 0.305. The third kappa shape index (κ3) is 2.72. The molecule has 2 aromatic carbocycles. The first-order valence-electron chi connectivity index (χ1n) is 7.46. The van der Waals surface area contributed by atoms with Crippen molar-refractivity contribution in [3.8, 4) is 0 Å². The zero-order chi connectivity index (χ0) is 17.7. The highest BCUT2D eigenvalue weighted by Crippen LogP contribution is 2.33. The largest absolute Gasteiger partial charge is 0.386 e. The Morgan fingerprint density at radius 1 is 1.08 bits per heavy atom. The van der Waals surface area contributed by atoms with Gasteiger partial charge in [0.25, 0.3) is 10.0 Å². The molecule has 4 nitrogen and oxygen atoms in total. The van der Waals surface area contributed by atoms with Crippen molar-refractivity contribution in [2.24, 2.45) is 0 Å². The van der Waals surface area contributed by atoms with Crippen LogP contribution in [-0.2, 0) is 15.6 Å². The number of hydrogen-bond acceptors (Lipinski definition) is 3. The summed E-state index contributed by atoms with van der Waals surface area (Å²) >= 11 is 0. The number of aromatic nitrogens is 1. The molecule has 0 bridgehead atoms. The molecule has 1 heterocycles. The third-order valence-corrected chi connectivity index (χ3v) is 5.66. The summed E-state index contributed by atoms with van der Waals surface area (Å²) in [6, 6.07) is 10.3. The molecule has 0 saturated carbocycles. The SMILES string of the molecule is Cc1ccc(S(=O)(=O)n2cc(C(C)(C)O)c3ccc(F)cc32)cc1. The molecule has 1 N–H and O–H groups in total. The zero-order valence-electron chi connectivity index (χ0n) is 13.6. The van der Waals surface area contributed by atoms with Crippen molar-refractivity contribution in [2.75, 3.05) is 0 Å². The molecule has 0 saturated heterocycles. The molecule has 0 atom stereocenters. The lowest BCUT2D eigenvalue weighted by Gasteiger charge is -2.16. The lowest BCUT2D eigenvalue weighted by atomic mass is 9.98. The van der Waals surface area contributed by atoms with Gasteiger partial charge < -0.3 is 5.11 Å². The second-order valence-electron chi connectivity index (χ2n) is 6.38. The molecule has 0 unspecified atom stereocenters. The molecule has 0 aliphatic rings. The monoisotopic (exact) mass is 347 g/mol. The van der Waals surface area contributed by atoms with E-state index in [0.29, 0.717) is 10.9 Å². The maximum absolute atomic E-state index is 13.7. The second-order valence-corrected chi connectivity index (χ2v) is 8.19. The van der Waals surface area contributed by atoms with E-state index in [2.05, 4.69) is 0 Å². The Hall–Kier alpha value is -2.18. The second kappa shape index (κ2) is 5.43. The lowest BCUT2D eigenvalue weighted by molar-refractivity contribution is 0.0801. The van der Waals surface area contributed by atoms with Crippen LogP contribution in [0.25, 0.3) is 10.9 Å². The first-order valence-corrected chi connectivity index (χ1v) is 8.90. The first-order chi connectivity index (χ1) is 11.1. The zero-order valence-corrected chi connectivity index (χ0v) is 14.4. The van der Waals surface area contributed by atoms with Gasteiger partial charge in [-0.05, 0) is 51.1 Å². The Labute approximate surface area is 140 Å². The molecule has 0 aliphatic heterocycles. The van der Waals surface area contributed by atoms with Crippen LogP contribution < -0.4 is 0 Å². The maximum Gasteiger partial charge on any atom is 0.268 e. The topological polar surface area (TPSA) is 59.3 Å². The van der Waals surface area contributed by atoms with Crippen molar-refractivity contribution in [3.05, 3.63) is 65.6 Å². The fraction of sp³-hybridized carbons (Fsp3) is 0.222. The van der Waals surface area contributed by atoms with Crippen LogP contribution in [0.4, 0.5) is 4.39 Å². The first kappa shape index (κ1) is 16.7. The fourth-order valence-corrected chi connectivity index (χ4v) is 4.04. The van der Waals surface area contributed by atoms with E-state index in [9.17, 15) is 17.9 Å². The van der Waals surface area contributed by atoms with Gasteiger partial charge in [0.1, 0.15) is 5.82 Å². The van der Waals surface area contributed by atoms with Gasteiger partial charge in [0.2, 0.25) is 0 Å². The highest BCUT2D eigenvalue weighted by atomic mass is 32.2. The normalized spacial score (nSPS) is 12.7. The van der Waals surface area contributed by atoms with Crippen molar-refractivity contribution in [1.29, 1.82) is 0 Å². The minimum absolute atomic E-state index is 0.108. The van der Waals surface area contributed by atoms with Gasteiger partial charge in [0.15, 0.2) is 0 Å². The lowest BCUT2D eigenvalue weighted by Crippen LogP contribution is -2.16. The summed E-state index contributed by atoms with van der Waals surface area (Å²) in [5, 5.41) is 10.8. The highest BCUT2D eigenvalue weighted by molar-refractivity contribution is 7.90. The van der Waals surface area contributed by atoms with Crippen LogP contribution in [-0.4, -0.2) is 17.5 Å². The molecule has 0 fully saturated rings. The minimum atomic E-state index is -3.90. The van der Waals surface area contributed by atoms with Gasteiger partial charge in [0.05, 0.1) is 16.0 Å². The Morgan fingerprint density at radius 2 is 1.71 bits per heavy atom. The summed E-state index contributed by atoms with van der Waals surface area (Å²) < 4.78 is 40.7. The standard InChI is InChI=1S/C18H18FNO3S/c1-12-4-7-14(8-5-12)24(22,23)20-11-16(18(2,3)21)15-9-6-13(19)10-17(15)20/h4-11,21H,1-3H3. The van der Waals surface area contributed by atoms with Gasteiger partial charge in [-0.15, -0.1) is 0 Å². The summed E-state index contributed by atoms with van der Waals surface area (Å²) in [6.45, 7) is 4.99. The number of benzene rings is 2. The maximum atomic E-state index is 13.7. The van der Waals surface area contributed by atoms with Crippen molar-refractivity contribution in [3.63, 3.8) is 0 Å². The molecular weight excluding hydrogens is 329 g/mol.